The van der Waals surface area contributed by atoms with E-state index in [0.717, 1.165) is 31.4 Å². The number of carbonyl (C=O) groups is 1. The van der Waals surface area contributed by atoms with Crippen molar-refractivity contribution in [1.82, 2.24) is 0 Å². The second-order valence-corrected chi connectivity index (χ2v) is 9.47. The van der Waals surface area contributed by atoms with E-state index in [-0.39, 0.29) is 18.1 Å². The number of halogens is 1. The summed E-state index contributed by atoms with van der Waals surface area (Å²) in [5, 5.41) is 0. The van der Waals surface area contributed by atoms with Gasteiger partial charge >= 0.3 is 5.71 Å². The van der Waals surface area contributed by atoms with Gasteiger partial charge in [-0.2, -0.15) is 0 Å². The third kappa shape index (κ3) is 22.9. The molecule has 0 aliphatic heterocycles. The molecule has 0 aromatic rings. The molecule has 0 N–H and O–H groups in total. The van der Waals surface area contributed by atoms with Gasteiger partial charge in [0.05, 0.1) is 0 Å². The molecule has 31 heavy (non-hydrogen) atoms. The number of unbranched alkanes of at least 4 members (excludes halogenated alkanes) is 15. The van der Waals surface area contributed by atoms with Crippen molar-refractivity contribution in [2.24, 2.45) is 0 Å². The van der Waals surface area contributed by atoms with E-state index in [2.05, 4.69) is 30.0 Å². The summed E-state index contributed by atoms with van der Waals surface area (Å²) in [5.41, 5.74) is 1.21. The van der Waals surface area contributed by atoms with Crippen molar-refractivity contribution in [2.75, 3.05) is 0 Å². The van der Waals surface area contributed by atoms with Crippen LogP contribution in [0.1, 0.15) is 156 Å². The Kier molecular flexibility index (Phi) is 28.0. The molecule has 0 fully saturated rings. The molecule has 0 spiro atoms. The van der Waals surface area contributed by atoms with Gasteiger partial charge in [0.25, 0.3) is 0 Å². The summed E-state index contributed by atoms with van der Waals surface area (Å²) in [5.74, 6) is 1.01. The Morgan fingerprint density at radius 2 is 0.871 bits per heavy atom. The van der Waals surface area contributed by atoms with E-state index in [9.17, 15) is 4.79 Å². The molecule has 0 bridgehead atoms. The monoisotopic (exact) mass is 476 g/mol. The predicted molar refractivity (Wildman–Crippen MR) is 144 cm³/mol. The Bertz CT molecular complexity index is 405. The summed E-state index contributed by atoms with van der Waals surface area (Å²) in [6, 6.07) is 0. The Morgan fingerprint density at radius 3 is 1.23 bits per heavy atom. The molecule has 186 valence electrons. The highest BCUT2D eigenvalue weighted by molar-refractivity contribution is 7.39. The maximum atomic E-state index is 11.7. The van der Waals surface area contributed by atoms with E-state index in [1.165, 1.54) is 115 Å². The molecule has 4 heteroatoms. The lowest BCUT2D eigenvalue weighted by atomic mass is 9.96. The van der Waals surface area contributed by atoms with E-state index >= 15 is 0 Å². The fraction of sp³-hybridized carbons (Fsp3) is 0.889. The molecule has 0 aliphatic rings. The third-order valence-electron chi connectivity index (χ3n) is 6.04. The van der Waals surface area contributed by atoms with Gasteiger partial charge < -0.3 is 4.74 Å². The quantitative estimate of drug-likeness (QED) is 0.0881. The summed E-state index contributed by atoms with van der Waals surface area (Å²) >= 11 is 0. The van der Waals surface area contributed by atoms with E-state index < -0.39 is 0 Å². The molecular weight excluding hydrogens is 423 g/mol. The topological polar surface area (TPSA) is 26.3 Å². The van der Waals surface area contributed by atoms with Crippen molar-refractivity contribution in [3.05, 3.63) is 11.3 Å². The van der Waals surface area contributed by atoms with Crippen molar-refractivity contribution in [1.29, 1.82) is 0 Å². The Morgan fingerprint density at radius 1 is 0.548 bits per heavy atom. The average molecular weight is 477 g/mol. The minimum atomic E-state index is -0.223. The van der Waals surface area contributed by atoms with Gasteiger partial charge in [-0.3, -0.25) is 0 Å². The fourth-order valence-electron chi connectivity index (χ4n) is 4.13. The van der Waals surface area contributed by atoms with Crippen LogP contribution in [-0.4, -0.2) is 5.71 Å². The van der Waals surface area contributed by atoms with Crippen LogP contribution >= 0.6 is 21.6 Å². The SMILES string of the molecule is CCCCCCCCC(CCCCCCCC)=C(CCCCCCCC)OC(=O)P.Cl. The van der Waals surface area contributed by atoms with E-state index in [1.54, 1.807) is 0 Å². The van der Waals surface area contributed by atoms with Gasteiger partial charge in [-0.15, -0.1) is 12.4 Å². The third-order valence-corrected chi connectivity index (χ3v) is 6.16. The molecule has 0 radical (unpaired) electrons. The van der Waals surface area contributed by atoms with Crippen LogP contribution in [0.25, 0.3) is 0 Å². The van der Waals surface area contributed by atoms with Gasteiger partial charge in [0.1, 0.15) is 5.76 Å². The molecular formula is C27H54ClO2P. The van der Waals surface area contributed by atoms with Crippen LogP contribution in [0.3, 0.4) is 0 Å². The fourth-order valence-corrected chi connectivity index (χ4v) is 4.27. The second-order valence-electron chi connectivity index (χ2n) is 9.00. The van der Waals surface area contributed by atoms with E-state index in [4.69, 9.17) is 4.74 Å². The van der Waals surface area contributed by atoms with Crippen LogP contribution in [0.15, 0.2) is 11.3 Å². The number of carbonyl (C=O) groups excluding carboxylic acids is 1. The highest BCUT2D eigenvalue weighted by Crippen LogP contribution is 2.26. The maximum absolute atomic E-state index is 11.7. The van der Waals surface area contributed by atoms with Gasteiger partial charge in [0, 0.05) is 6.42 Å². The molecule has 0 rings (SSSR count). The second kappa shape index (κ2) is 26.2. The van der Waals surface area contributed by atoms with Crippen LogP contribution in [-0.2, 0) is 4.74 Å². The summed E-state index contributed by atoms with van der Waals surface area (Å²) < 4.78 is 5.74. The van der Waals surface area contributed by atoms with Gasteiger partial charge in [-0.05, 0) is 46.9 Å². The zero-order valence-corrected chi connectivity index (χ0v) is 23.1. The average Bonchev–Trinajstić information content (AvgIpc) is 2.73. The summed E-state index contributed by atoms with van der Waals surface area (Å²) in [4.78, 5) is 11.7. The number of hydrogen-bond donors (Lipinski definition) is 0. The molecule has 1 unspecified atom stereocenters. The zero-order chi connectivity index (χ0) is 22.3. The Hall–Kier alpha value is -0.0700. The molecule has 0 saturated heterocycles. The Balaban J connectivity index is 0. The predicted octanol–water partition coefficient (Wildman–Crippen LogP) is 10.9. The molecule has 1 atom stereocenters. The lowest BCUT2D eigenvalue weighted by Gasteiger charge is -2.16. The summed E-state index contributed by atoms with van der Waals surface area (Å²) in [6.07, 6.45) is 26.6. The van der Waals surface area contributed by atoms with Crippen molar-refractivity contribution < 1.29 is 9.53 Å². The summed E-state index contributed by atoms with van der Waals surface area (Å²) in [6.45, 7) is 6.80. The van der Waals surface area contributed by atoms with Crippen LogP contribution < -0.4 is 0 Å². The molecule has 0 heterocycles. The van der Waals surface area contributed by atoms with Crippen LogP contribution in [0.2, 0.25) is 0 Å². The zero-order valence-electron chi connectivity index (χ0n) is 21.2. The number of ether oxygens (including phenoxy) is 1. The number of rotatable bonds is 22. The largest absolute Gasteiger partial charge is 0.428 e. The van der Waals surface area contributed by atoms with Crippen molar-refractivity contribution >= 4 is 27.4 Å². The molecule has 0 aliphatic carbocycles. The van der Waals surface area contributed by atoms with Crippen molar-refractivity contribution in [3.63, 3.8) is 0 Å². The van der Waals surface area contributed by atoms with Gasteiger partial charge in [0.2, 0.25) is 0 Å². The minimum Gasteiger partial charge on any atom is -0.428 e. The van der Waals surface area contributed by atoms with Gasteiger partial charge in [-0.1, -0.05) is 117 Å². The lowest BCUT2D eigenvalue weighted by Crippen LogP contribution is -2.02. The standard InChI is InChI=1S/C27H53O2P.ClH/c1-4-7-10-13-16-19-22-25(23-20-17-14-11-8-5-2)26(29-27(28)30)24-21-18-15-12-9-6-3;/h4-24,30H2,1-3H3;1H. The number of allylic oxidation sites excluding steroid dienone is 2. The molecule has 0 aromatic carbocycles. The van der Waals surface area contributed by atoms with E-state index in [1.807, 2.05) is 0 Å². The molecule has 0 saturated carbocycles. The first-order chi connectivity index (χ1) is 14.7. The Labute approximate surface area is 203 Å². The lowest BCUT2D eigenvalue weighted by molar-refractivity contribution is 0.198. The maximum Gasteiger partial charge on any atom is 0.324 e. The molecule has 0 amide bonds. The van der Waals surface area contributed by atoms with Crippen LogP contribution in [0.4, 0.5) is 4.79 Å². The minimum absolute atomic E-state index is 0. The van der Waals surface area contributed by atoms with Crippen LogP contribution in [0, 0.1) is 0 Å². The molecule has 0 aromatic heterocycles. The van der Waals surface area contributed by atoms with Crippen molar-refractivity contribution in [3.8, 4) is 0 Å². The van der Waals surface area contributed by atoms with Crippen LogP contribution in [0.5, 0.6) is 0 Å². The molecule has 2 nitrogen and oxygen atoms in total. The summed E-state index contributed by atoms with van der Waals surface area (Å²) in [7, 11) is 2.21. The highest BCUT2D eigenvalue weighted by Gasteiger charge is 2.11. The first-order valence-corrected chi connectivity index (χ1v) is 13.9. The van der Waals surface area contributed by atoms with Gasteiger partial charge in [0.15, 0.2) is 0 Å². The first kappa shape index (κ1) is 33.1. The number of hydrogen-bond acceptors (Lipinski definition) is 2. The van der Waals surface area contributed by atoms with Crippen molar-refractivity contribution in [2.45, 2.75) is 156 Å². The van der Waals surface area contributed by atoms with Gasteiger partial charge in [-0.25, -0.2) is 4.79 Å². The first-order valence-electron chi connectivity index (χ1n) is 13.3. The smallest absolute Gasteiger partial charge is 0.324 e. The van der Waals surface area contributed by atoms with E-state index in [0.29, 0.717) is 0 Å². The normalized spacial score (nSPS) is 10.6. The highest BCUT2D eigenvalue weighted by atomic mass is 35.5.